The summed E-state index contributed by atoms with van der Waals surface area (Å²) in [5.41, 5.74) is 2.49. The van der Waals surface area contributed by atoms with Gasteiger partial charge in [-0.2, -0.15) is 0 Å². The van der Waals surface area contributed by atoms with E-state index in [1.807, 2.05) is 13.1 Å². The Morgan fingerprint density at radius 1 is 1.50 bits per heavy atom. The molecule has 1 aromatic rings. The maximum atomic E-state index is 13.1. The van der Waals surface area contributed by atoms with E-state index in [9.17, 15) is 4.39 Å². The first kappa shape index (κ1) is 11.6. The van der Waals surface area contributed by atoms with Crippen LogP contribution in [0.15, 0.2) is 18.2 Å². The minimum absolute atomic E-state index is 0.114. The maximum Gasteiger partial charge on any atom is 0.123 e. The van der Waals surface area contributed by atoms with E-state index < -0.39 is 0 Å². The van der Waals surface area contributed by atoms with Crippen LogP contribution in [0.3, 0.4) is 0 Å². The quantitative estimate of drug-likeness (QED) is 0.838. The summed E-state index contributed by atoms with van der Waals surface area (Å²) in [4.78, 5) is 2.35. The Bertz CT molecular complexity index is 365. The first-order valence-electron chi connectivity index (χ1n) is 5.85. The van der Waals surface area contributed by atoms with E-state index >= 15 is 0 Å². The second-order valence-corrected chi connectivity index (χ2v) is 4.48. The van der Waals surface area contributed by atoms with Gasteiger partial charge in [-0.25, -0.2) is 4.39 Å². The lowest BCUT2D eigenvalue weighted by atomic mass is 10.1. The predicted octanol–water partition coefficient (Wildman–Crippen LogP) is 1.96. The van der Waals surface area contributed by atoms with Gasteiger partial charge in [0.1, 0.15) is 5.82 Å². The summed E-state index contributed by atoms with van der Waals surface area (Å²) in [7, 11) is 4.10. The van der Waals surface area contributed by atoms with Crippen LogP contribution < -0.4 is 5.32 Å². The summed E-state index contributed by atoms with van der Waals surface area (Å²) in [5.74, 6) is -0.114. The monoisotopic (exact) mass is 222 g/mol. The fourth-order valence-electron chi connectivity index (χ4n) is 2.47. The van der Waals surface area contributed by atoms with Crippen LogP contribution in [0.2, 0.25) is 0 Å². The number of nitrogens with zero attached hydrogens (tertiary/aromatic N) is 1. The number of aryl methyl sites for hydroxylation is 1. The van der Waals surface area contributed by atoms with Crippen molar-refractivity contribution < 1.29 is 4.39 Å². The van der Waals surface area contributed by atoms with E-state index in [2.05, 4.69) is 17.3 Å². The third kappa shape index (κ3) is 2.25. The van der Waals surface area contributed by atoms with Gasteiger partial charge >= 0.3 is 0 Å². The molecule has 2 nitrogen and oxygen atoms in total. The van der Waals surface area contributed by atoms with Gasteiger partial charge in [-0.3, -0.25) is 4.90 Å². The molecule has 0 bridgehead atoms. The molecule has 1 N–H and O–H groups in total. The zero-order valence-electron chi connectivity index (χ0n) is 9.96. The molecule has 2 rings (SSSR count). The molecule has 0 amide bonds. The molecule has 1 aromatic carbocycles. The average Bonchev–Trinajstić information content (AvgIpc) is 2.68. The molecule has 1 aliphatic rings. The largest absolute Gasteiger partial charge is 0.318 e. The summed E-state index contributed by atoms with van der Waals surface area (Å²) in [6.07, 6.45) is 2.11. The Labute approximate surface area is 96.5 Å². The van der Waals surface area contributed by atoms with Crippen LogP contribution in [0.5, 0.6) is 0 Å². The Kier molecular flexibility index (Phi) is 3.56. The molecule has 1 atom stereocenters. The highest BCUT2D eigenvalue weighted by Gasteiger charge is 2.25. The molecule has 88 valence electrons. The molecular weight excluding hydrogens is 203 g/mol. The molecule has 0 spiro atoms. The predicted molar refractivity (Wildman–Crippen MR) is 64.0 cm³/mol. The molecule has 0 radical (unpaired) electrons. The lowest BCUT2D eigenvalue weighted by Crippen LogP contribution is -2.30. The number of nitrogens with one attached hydrogen (secondary N) is 1. The van der Waals surface area contributed by atoms with Crippen molar-refractivity contribution >= 4 is 0 Å². The van der Waals surface area contributed by atoms with Gasteiger partial charge in [-0.1, -0.05) is 6.07 Å². The van der Waals surface area contributed by atoms with E-state index in [1.165, 1.54) is 11.1 Å². The van der Waals surface area contributed by atoms with Crippen LogP contribution in [0.1, 0.15) is 23.6 Å². The van der Waals surface area contributed by atoms with Crippen molar-refractivity contribution in [1.29, 1.82) is 0 Å². The minimum Gasteiger partial charge on any atom is -0.318 e. The molecule has 0 saturated heterocycles. The summed E-state index contributed by atoms with van der Waals surface area (Å²) in [6.45, 7) is 2.02. The normalized spacial score (nSPS) is 19.1. The third-order valence-corrected chi connectivity index (χ3v) is 3.40. The lowest BCUT2D eigenvalue weighted by molar-refractivity contribution is 0.246. The Balaban J connectivity index is 2.11. The number of halogens is 1. The Hall–Kier alpha value is -0.930. The fourth-order valence-corrected chi connectivity index (χ4v) is 2.47. The molecule has 3 heteroatoms. The molecule has 0 saturated carbocycles. The molecule has 0 aromatic heterocycles. The smallest absolute Gasteiger partial charge is 0.123 e. The highest BCUT2D eigenvalue weighted by Crippen LogP contribution is 2.34. The van der Waals surface area contributed by atoms with Crippen LogP contribution in [-0.4, -0.2) is 32.1 Å². The van der Waals surface area contributed by atoms with Gasteiger partial charge in [-0.05, 0) is 50.2 Å². The zero-order valence-corrected chi connectivity index (χ0v) is 9.96. The molecule has 1 aliphatic carbocycles. The number of likely N-dealkylation sites (N-methyl/N-ethyl adjacent to an activating group) is 2. The average molecular weight is 222 g/mol. The first-order chi connectivity index (χ1) is 7.72. The van der Waals surface area contributed by atoms with Crippen molar-refractivity contribution in [3.63, 3.8) is 0 Å². The van der Waals surface area contributed by atoms with Crippen molar-refractivity contribution in [2.75, 3.05) is 27.2 Å². The number of hydrogen-bond donors (Lipinski definition) is 1. The highest BCUT2D eigenvalue weighted by atomic mass is 19.1. The fraction of sp³-hybridized carbons (Fsp3) is 0.538. The summed E-state index contributed by atoms with van der Waals surface area (Å²) >= 11 is 0. The van der Waals surface area contributed by atoms with Gasteiger partial charge < -0.3 is 5.32 Å². The van der Waals surface area contributed by atoms with E-state index in [0.29, 0.717) is 6.04 Å². The van der Waals surface area contributed by atoms with Crippen molar-refractivity contribution in [2.24, 2.45) is 0 Å². The summed E-state index contributed by atoms with van der Waals surface area (Å²) < 4.78 is 13.1. The molecular formula is C13H19FN2. The van der Waals surface area contributed by atoms with Crippen LogP contribution in [0.4, 0.5) is 4.39 Å². The maximum absolute atomic E-state index is 13.1. The van der Waals surface area contributed by atoms with Crippen molar-refractivity contribution in [1.82, 2.24) is 10.2 Å². The Morgan fingerprint density at radius 3 is 3.06 bits per heavy atom. The molecule has 16 heavy (non-hydrogen) atoms. The molecule has 0 aliphatic heterocycles. The summed E-state index contributed by atoms with van der Waals surface area (Å²) in [5, 5.41) is 3.15. The topological polar surface area (TPSA) is 15.3 Å². The van der Waals surface area contributed by atoms with Crippen LogP contribution in [0, 0.1) is 5.82 Å². The summed E-state index contributed by atoms with van der Waals surface area (Å²) in [6, 6.07) is 5.66. The van der Waals surface area contributed by atoms with Crippen molar-refractivity contribution in [3.05, 3.63) is 35.1 Å². The van der Waals surface area contributed by atoms with Gasteiger partial charge in [0, 0.05) is 19.1 Å². The van der Waals surface area contributed by atoms with E-state index in [0.717, 1.165) is 25.9 Å². The van der Waals surface area contributed by atoms with Gasteiger partial charge in [0.05, 0.1) is 0 Å². The van der Waals surface area contributed by atoms with E-state index in [-0.39, 0.29) is 5.82 Å². The molecule has 1 unspecified atom stereocenters. The molecule has 0 heterocycles. The number of benzene rings is 1. The van der Waals surface area contributed by atoms with Gasteiger partial charge in [0.25, 0.3) is 0 Å². The lowest BCUT2D eigenvalue weighted by Gasteiger charge is -2.25. The second-order valence-electron chi connectivity index (χ2n) is 4.48. The minimum atomic E-state index is -0.114. The van der Waals surface area contributed by atoms with Crippen molar-refractivity contribution in [3.8, 4) is 0 Å². The number of rotatable bonds is 4. The van der Waals surface area contributed by atoms with Gasteiger partial charge in [0.2, 0.25) is 0 Å². The van der Waals surface area contributed by atoms with Crippen LogP contribution >= 0.6 is 0 Å². The van der Waals surface area contributed by atoms with Gasteiger partial charge in [-0.15, -0.1) is 0 Å². The standard InChI is InChI=1S/C13H19FN2/c1-15-7-8-16(2)13-6-3-10-9-11(14)4-5-12(10)13/h4-5,9,13,15H,3,6-8H2,1-2H3. The highest BCUT2D eigenvalue weighted by molar-refractivity contribution is 5.34. The SMILES string of the molecule is CNCCN(C)C1CCc2cc(F)ccc21. The van der Waals surface area contributed by atoms with E-state index in [1.54, 1.807) is 12.1 Å². The van der Waals surface area contributed by atoms with Crippen LogP contribution in [0.25, 0.3) is 0 Å². The van der Waals surface area contributed by atoms with Crippen molar-refractivity contribution in [2.45, 2.75) is 18.9 Å². The first-order valence-corrected chi connectivity index (χ1v) is 5.85. The molecule has 0 fully saturated rings. The van der Waals surface area contributed by atoms with Gasteiger partial charge in [0.15, 0.2) is 0 Å². The number of hydrogen-bond acceptors (Lipinski definition) is 2. The Morgan fingerprint density at radius 2 is 2.31 bits per heavy atom. The number of fused-ring (bicyclic) bond motifs is 1. The zero-order chi connectivity index (χ0) is 11.5. The van der Waals surface area contributed by atoms with E-state index in [4.69, 9.17) is 0 Å². The second kappa shape index (κ2) is 4.93. The third-order valence-electron chi connectivity index (χ3n) is 3.40. The van der Waals surface area contributed by atoms with Crippen LogP contribution in [-0.2, 0) is 6.42 Å².